The van der Waals surface area contributed by atoms with Crippen molar-refractivity contribution in [1.29, 1.82) is 0 Å². The smallest absolute Gasteiger partial charge is 0.397 e. The summed E-state index contributed by atoms with van der Waals surface area (Å²) in [5, 5.41) is 39.4. The maximum Gasteiger partial charge on any atom is 0.397 e. The number of sulfone groups is 1. The number of azo groups is 1. The number of rotatable bonds is 9. The van der Waals surface area contributed by atoms with Gasteiger partial charge in [-0.05, 0) is 29.7 Å². The van der Waals surface area contributed by atoms with Gasteiger partial charge >= 0.3 is 16.1 Å². The van der Waals surface area contributed by atoms with E-state index in [2.05, 4.69) is 14.4 Å². The van der Waals surface area contributed by atoms with E-state index in [0.29, 0.717) is 17.5 Å². The summed E-state index contributed by atoms with van der Waals surface area (Å²) in [6, 6.07) is 6.98. The fourth-order valence-corrected chi connectivity index (χ4v) is 5.01. The summed E-state index contributed by atoms with van der Waals surface area (Å²) >= 11 is 0. The van der Waals surface area contributed by atoms with Gasteiger partial charge in [-0.25, -0.2) is 12.6 Å². The van der Waals surface area contributed by atoms with Crippen LogP contribution in [-0.2, 0) is 34.5 Å². The van der Waals surface area contributed by atoms with Crippen molar-refractivity contribution >= 4 is 58.2 Å². The lowest BCUT2D eigenvalue weighted by molar-refractivity contribution is -0.386. The quantitative estimate of drug-likeness (QED) is 0.123. The molecule has 0 aliphatic heterocycles. The number of hydrogen-bond donors (Lipinski definition) is 4. The topological polar surface area (TPSA) is 260 Å². The molecule has 0 spiro atoms. The molecule has 3 rings (SSSR count). The van der Waals surface area contributed by atoms with Gasteiger partial charge in [-0.2, -0.15) is 16.8 Å². The van der Waals surface area contributed by atoms with E-state index in [1.54, 1.807) is 0 Å². The second-order valence-electron chi connectivity index (χ2n) is 7.13. The van der Waals surface area contributed by atoms with Gasteiger partial charge in [-0.3, -0.25) is 19.2 Å². The number of hydrogen-bond acceptors (Lipinski definition) is 13. The van der Waals surface area contributed by atoms with Crippen LogP contribution in [0.2, 0.25) is 0 Å². The summed E-state index contributed by atoms with van der Waals surface area (Å²) in [5.41, 5.74) is -2.26. The minimum atomic E-state index is -4.96. The third kappa shape index (κ3) is 6.53. The third-order valence-corrected chi connectivity index (χ3v) is 7.65. The number of aromatic hydroxyl groups is 2. The van der Waals surface area contributed by atoms with E-state index in [0.717, 1.165) is 18.2 Å². The summed E-state index contributed by atoms with van der Waals surface area (Å²) in [7, 11) is -14.1. The van der Waals surface area contributed by atoms with Crippen LogP contribution < -0.4 is 0 Å². The lowest BCUT2D eigenvalue weighted by Crippen LogP contribution is -2.15. The highest BCUT2D eigenvalue weighted by Crippen LogP contribution is 2.42. The van der Waals surface area contributed by atoms with Crippen LogP contribution in [0.25, 0.3) is 10.8 Å². The molecule has 3 aromatic rings. The molecular formula is C18H15N3O13S3. The SMILES string of the molecule is O=[N+]([O-])c1cc(S(=O)(=O)CCOS(=O)(=O)O)cc(N=Nc2c(O)ccc3ccc(S(=O)(=O)O)cc23)c1O. The molecule has 19 heteroatoms. The zero-order valence-corrected chi connectivity index (χ0v) is 20.4. The van der Waals surface area contributed by atoms with Crippen LogP contribution in [0.4, 0.5) is 17.1 Å². The van der Waals surface area contributed by atoms with Crippen molar-refractivity contribution in [3.05, 3.63) is 52.6 Å². The van der Waals surface area contributed by atoms with Gasteiger partial charge in [-0.1, -0.05) is 12.1 Å². The van der Waals surface area contributed by atoms with Crippen LogP contribution in [0.3, 0.4) is 0 Å². The van der Waals surface area contributed by atoms with E-state index in [1.165, 1.54) is 12.1 Å². The van der Waals surface area contributed by atoms with Gasteiger partial charge < -0.3 is 10.2 Å². The molecule has 198 valence electrons. The molecule has 0 aliphatic carbocycles. The van der Waals surface area contributed by atoms with Crippen molar-refractivity contribution in [1.82, 2.24) is 0 Å². The van der Waals surface area contributed by atoms with Crippen LogP contribution in [0, 0.1) is 10.1 Å². The van der Waals surface area contributed by atoms with Crippen molar-refractivity contribution in [2.75, 3.05) is 12.4 Å². The molecule has 0 saturated heterocycles. The minimum absolute atomic E-state index is 0.0426. The summed E-state index contributed by atoms with van der Waals surface area (Å²) in [6.07, 6.45) is 0. The lowest BCUT2D eigenvalue weighted by Gasteiger charge is -2.08. The van der Waals surface area contributed by atoms with Crippen LogP contribution in [0.1, 0.15) is 0 Å². The molecule has 0 radical (unpaired) electrons. The molecule has 0 heterocycles. The molecular weight excluding hydrogens is 562 g/mol. The molecule has 0 unspecified atom stereocenters. The van der Waals surface area contributed by atoms with Crippen LogP contribution >= 0.6 is 0 Å². The highest BCUT2D eigenvalue weighted by Gasteiger charge is 2.26. The van der Waals surface area contributed by atoms with Crippen molar-refractivity contribution in [3.63, 3.8) is 0 Å². The van der Waals surface area contributed by atoms with Gasteiger partial charge in [0.1, 0.15) is 17.1 Å². The number of nitro benzene ring substituents is 1. The first-order valence-corrected chi connectivity index (χ1v) is 14.0. The Morgan fingerprint density at radius 1 is 0.892 bits per heavy atom. The van der Waals surface area contributed by atoms with Gasteiger partial charge in [0.25, 0.3) is 10.1 Å². The van der Waals surface area contributed by atoms with Gasteiger partial charge in [0.05, 0.1) is 27.1 Å². The molecule has 0 bridgehead atoms. The van der Waals surface area contributed by atoms with Crippen molar-refractivity contribution in [2.24, 2.45) is 10.2 Å². The Balaban J connectivity index is 2.14. The van der Waals surface area contributed by atoms with Crippen molar-refractivity contribution in [2.45, 2.75) is 9.79 Å². The Kier molecular flexibility index (Phi) is 7.49. The van der Waals surface area contributed by atoms with Crippen LogP contribution in [0.5, 0.6) is 11.5 Å². The Morgan fingerprint density at radius 2 is 1.54 bits per heavy atom. The van der Waals surface area contributed by atoms with E-state index < -0.39 is 80.3 Å². The molecule has 4 N–H and O–H groups in total. The first-order valence-electron chi connectivity index (χ1n) is 9.50. The average molecular weight is 578 g/mol. The molecule has 3 aromatic carbocycles. The number of nitrogens with zero attached hydrogens (tertiary/aromatic N) is 3. The molecule has 0 aromatic heterocycles. The average Bonchev–Trinajstić information content (AvgIpc) is 2.76. The van der Waals surface area contributed by atoms with Crippen LogP contribution in [0.15, 0.2) is 62.5 Å². The molecule has 0 atom stereocenters. The van der Waals surface area contributed by atoms with E-state index in [9.17, 15) is 50.1 Å². The Bertz CT molecular complexity index is 1770. The Hall–Kier alpha value is -3.75. The summed E-state index contributed by atoms with van der Waals surface area (Å²) in [6.45, 7) is -1.04. The molecule has 16 nitrogen and oxygen atoms in total. The zero-order chi connectivity index (χ0) is 27.8. The standard InChI is InChI=1S/C18H15N3O13S3/c22-16-4-2-10-1-3-11(36(28,29)30)7-13(10)17(16)20-19-14-8-12(9-15(18(14)23)21(24)25)35(26,27)6-5-34-37(31,32)33/h1-4,7-9,22-23H,5-6H2,(H,28,29,30)(H,31,32,33). The van der Waals surface area contributed by atoms with Crippen molar-refractivity contribution < 1.29 is 53.7 Å². The summed E-state index contributed by atoms with van der Waals surface area (Å²) < 4.78 is 91.1. The molecule has 0 saturated carbocycles. The number of phenols is 2. The van der Waals surface area contributed by atoms with Gasteiger partial charge in [0, 0.05) is 11.5 Å². The van der Waals surface area contributed by atoms with Gasteiger partial charge in [-0.15, -0.1) is 10.2 Å². The van der Waals surface area contributed by atoms with Gasteiger partial charge in [0.15, 0.2) is 9.84 Å². The van der Waals surface area contributed by atoms with E-state index >= 15 is 0 Å². The maximum absolute atomic E-state index is 12.5. The van der Waals surface area contributed by atoms with E-state index in [1.807, 2.05) is 0 Å². The zero-order valence-electron chi connectivity index (χ0n) is 18.0. The maximum atomic E-state index is 12.5. The lowest BCUT2D eigenvalue weighted by atomic mass is 10.1. The molecule has 0 aliphatic rings. The van der Waals surface area contributed by atoms with Gasteiger partial charge in [0.2, 0.25) is 5.75 Å². The summed E-state index contributed by atoms with van der Waals surface area (Å²) in [4.78, 5) is 8.88. The normalized spacial score (nSPS) is 12.8. The number of nitro groups is 1. The van der Waals surface area contributed by atoms with Crippen molar-refractivity contribution in [3.8, 4) is 11.5 Å². The monoisotopic (exact) mass is 577 g/mol. The molecule has 0 fully saturated rings. The summed E-state index contributed by atoms with van der Waals surface area (Å²) in [5.74, 6) is -2.71. The Morgan fingerprint density at radius 3 is 2.14 bits per heavy atom. The van der Waals surface area contributed by atoms with Crippen LogP contribution in [-0.4, -0.2) is 61.9 Å². The highest BCUT2D eigenvalue weighted by molar-refractivity contribution is 7.91. The fraction of sp³-hybridized carbons (Fsp3) is 0.111. The second kappa shape index (κ2) is 9.95. The minimum Gasteiger partial charge on any atom is -0.506 e. The number of phenolic OH excluding ortho intramolecular Hbond substituents is 2. The number of benzene rings is 3. The second-order valence-corrected chi connectivity index (χ2v) is 11.7. The highest BCUT2D eigenvalue weighted by atomic mass is 32.3. The molecule has 0 amide bonds. The predicted molar refractivity (Wildman–Crippen MR) is 124 cm³/mol. The predicted octanol–water partition coefficient (Wildman–Crippen LogP) is 2.41. The third-order valence-electron chi connectivity index (χ3n) is 4.68. The largest absolute Gasteiger partial charge is 0.506 e. The number of fused-ring (bicyclic) bond motifs is 1. The molecule has 37 heavy (non-hydrogen) atoms. The van der Waals surface area contributed by atoms with E-state index in [4.69, 9.17) is 4.55 Å². The first-order chi connectivity index (χ1) is 17.0. The fourth-order valence-electron chi connectivity index (χ4n) is 2.98. The first kappa shape index (κ1) is 27.8. The Labute approximate surface area is 208 Å². The van der Waals surface area contributed by atoms with E-state index in [-0.39, 0.29) is 11.1 Å².